The Labute approximate surface area is 81.8 Å². The number of hydrogen-bond acceptors (Lipinski definition) is 4. The summed E-state index contributed by atoms with van der Waals surface area (Å²) in [7, 11) is 5.23. The quantitative estimate of drug-likeness (QED) is 0.262. The van der Waals surface area contributed by atoms with Crippen molar-refractivity contribution in [1.29, 1.82) is 0 Å². The fourth-order valence-corrected chi connectivity index (χ4v) is 1.20. The second-order valence-electron chi connectivity index (χ2n) is 4.17. The zero-order valence-corrected chi connectivity index (χ0v) is 8.47. The minimum Gasteiger partial charge on any atom is -0.550 e. The molecule has 1 atom stereocenters. The molecule has 0 aliphatic heterocycles. The van der Waals surface area contributed by atoms with Gasteiger partial charge in [0.25, 0.3) is 0 Å². The molecule has 0 saturated carbocycles. The zero-order valence-electron chi connectivity index (χ0n) is 8.47. The number of azide groups is 1. The van der Waals surface area contributed by atoms with Crippen molar-refractivity contribution in [3.63, 3.8) is 0 Å². The third kappa shape index (κ3) is 5.36. The number of carbonyl (C=O) groups is 1. The number of carboxylic acids is 1. The molecule has 7 nitrogen and oxygen atoms in total. The first kappa shape index (κ1) is 12.7. The molecule has 0 unspecified atom stereocenters. The van der Waals surface area contributed by atoms with Crippen molar-refractivity contribution in [3.8, 4) is 0 Å². The number of carboxylic acid groups (broad SMARTS) is 1. The lowest BCUT2D eigenvalue weighted by molar-refractivity contribution is -0.877. The first-order valence-electron chi connectivity index (χ1n) is 3.97. The van der Waals surface area contributed by atoms with Gasteiger partial charge in [0.1, 0.15) is 6.54 Å². The summed E-state index contributed by atoms with van der Waals surface area (Å²) in [4.78, 5) is 12.7. The van der Waals surface area contributed by atoms with E-state index in [-0.39, 0.29) is 11.0 Å². The van der Waals surface area contributed by atoms with E-state index in [1.54, 1.807) is 21.1 Å². The molecule has 0 aliphatic carbocycles. The SMILES string of the molecule is C[N+](C)(C)C[C@@](O)(CC(=O)[O-])N=[N+]=[N-]. The number of hydrogen-bond donors (Lipinski definition) is 1. The molecule has 0 radical (unpaired) electrons. The molecule has 7 heteroatoms. The fraction of sp³-hybridized carbons (Fsp3) is 0.857. The number of aliphatic carboxylic acids is 1. The summed E-state index contributed by atoms with van der Waals surface area (Å²) >= 11 is 0. The van der Waals surface area contributed by atoms with Crippen LogP contribution in [0.4, 0.5) is 0 Å². The third-order valence-electron chi connectivity index (χ3n) is 1.39. The molecule has 14 heavy (non-hydrogen) atoms. The number of aliphatic hydroxyl groups is 1. The molecule has 0 saturated heterocycles. The molecule has 1 N–H and O–H groups in total. The average molecular weight is 202 g/mol. The highest BCUT2D eigenvalue weighted by Crippen LogP contribution is 2.15. The molecular weight excluding hydrogens is 188 g/mol. The van der Waals surface area contributed by atoms with Crippen molar-refractivity contribution in [2.24, 2.45) is 5.11 Å². The van der Waals surface area contributed by atoms with E-state index in [9.17, 15) is 15.0 Å². The molecule has 0 bridgehead atoms. The van der Waals surface area contributed by atoms with Gasteiger partial charge < -0.3 is 19.5 Å². The molecule has 0 aromatic carbocycles. The topological polar surface area (TPSA) is 109 Å². The van der Waals surface area contributed by atoms with Gasteiger partial charge in [0.2, 0.25) is 0 Å². The van der Waals surface area contributed by atoms with E-state index < -0.39 is 18.1 Å². The monoisotopic (exact) mass is 202 g/mol. The summed E-state index contributed by atoms with van der Waals surface area (Å²) in [6.07, 6.45) is -0.702. The number of carbonyl (C=O) groups excluding carboxylic acids is 1. The molecule has 80 valence electrons. The van der Waals surface area contributed by atoms with Crippen molar-refractivity contribution in [3.05, 3.63) is 10.4 Å². The molecule has 0 fully saturated rings. The predicted molar refractivity (Wildman–Crippen MR) is 46.6 cm³/mol. The highest BCUT2D eigenvalue weighted by atomic mass is 16.4. The Morgan fingerprint density at radius 1 is 1.64 bits per heavy atom. The van der Waals surface area contributed by atoms with Crippen LogP contribution in [0.1, 0.15) is 6.42 Å². The number of nitrogens with zero attached hydrogens (tertiary/aromatic N) is 4. The highest BCUT2D eigenvalue weighted by Gasteiger charge is 2.32. The largest absolute Gasteiger partial charge is 0.550 e. The molecule has 0 rings (SSSR count). The van der Waals surface area contributed by atoms with Crippen LogP contribution < -0.4 is 5.11 Å². The van der Waals surface area contributed by atoms with Crippen molar-refractivity contribution >= 4 is 5.97 Å². The van der Waals surface area contributed by atoms with E-state index in [4.69, 9.17) is 5.53 Å². The standard InChI is InChI=1S/C7H14N4O3/c1-11(2,3)5-7(14,9-10-8)4-6(12)13/h14H,4-5H2,1-3H3/t7-/m0/s1. The molecule has 0 spiro atoms. The zero-order chi connectivity index (χ0) is 11.4. The Hall–Kier alpha value is -1.30. The Balaban J connectivity index is 4.72. The van der Waals surface area contributed by atoms with Crippen LogP contribution in [-0.2, 0) is 4.79 Å². The Morgan fingerprint density at radius 2 is 2.14 bits per heavy atom. The van der Waals surface area contributed by atoms with Crippen molar-refractivity contribution in [2.45, 2.75) is 12.1 Å². The average Bonchev–Trinajstić information content (AvgIpc) is 1.78. The lowest BCUT2D eigenvalue weighted by Gasteiger charge is -2.32. The molecule has 0 heterocycles. The molecule has 0 aliphatic rings. The number of likely N-dealkylation sites (N-methyl/N-ethyl adjacent to an activating group) is 1. The first-order chi connectivity index (χ1) is 6.18. The lowest BCUT2D eigenvalue weighted by Crippen LogP contribution is -2.50. The van der Waals surface area contributed by atoms with E-state index in [1.165, 1.54) is 0 Å². The molecule has 0 aromatic heterocycles. The van der Waals surface area contributed by atoms with Gasteiger partial charge in [-0.15, -0.1) is 0 Å². The summed E-state index contributed by atoms with van der Waals surface area (Å²) < 4.78 is 0.281. The van der Waals surface area contributed by atoms with E-state index in [1.807, 2.05) is 0 Å². The summed E-state index contributed by atoms with van der Waals surface area (Å²) in [5.41, 5.74) is 6.26. The smallest absolute Gasteiger partial charge is 0.197 e. The highest BCUT2D eigenvalue weighted by molar-refractivity contribution is 5.65. The van der Waals surface area contributed by atoms with Gasteiger partial charge in [-0.1, -0.05) is 5.11 Å². The maximum atomic E-state index is 10.3. The number of rotatable bonds is 5. The van der Waals surface area contributed by atoms with E-state index in [2.05, 4.69) is 10.0 Å². The summed E-state index contributed by atoms with van der Waals surface area (Å²) in [6, 6.07) is 0. The maximum absolute atomic E-state index is 10.3. The van der Waals surface area contributed by atoms with Crippen LogP contribution in [0.25, 0.3) is 10.4 Å². The summed E-state index contributed by atoms with van der Waals surface area (Å²) in [5.74, 6) is -1.45. The van der Waals surface area contributed by atoms with Crippen LogP contribution in [0.2, 0.25) is 0 Å². The van der Waals surface area contributed by atoms with Gasteiger partial charge in [0, 0.05) is 17.3 Å². The second-order valence-corrected chi connectivity index (χ2v) is 4.17. The first-order valence-corrected chi connectivity index (χ1v) is 3.97. The van der Waals surface area contributed by atoms with Crippen LogP contribution >= 0.6 is 0 Å². The van der Waals surface area contributed by atoms with Gasteiger partial charge in [-0.25, -0.2) is 0 Å². The van der Waals surface area contributed by atoms with Crippen LogP contribution in [-0.4, -0.2) is 49.0 Å². The minimum atomic E-state index is -1.92. The third-order valence-corrected chi connectivity index (χ3v) is 1.39. The van der Waals surface area contributed by atoms with Gasteiger partial charge in [0.05, 0.1) is 21.1 Å². The normalized spacial score (nSPS) is 15.4. The van der Waals surface area contributed by atoms with E-state index in [0.717, 1.165) is 0 Å². The predicted octanol–water partition coefficient (Wildman–Crippen LogP) is -1.17. The van der Waals surface area contributed by atoms with Crippen LogP contribution in [0.15, 0.2) is 5.11 Å². The molecule has 0 aromatic rings. The van der Waals surface area contributed by atoms with Crippen molar-refractivity contribution in [2.75, 3.05) is 27.7 Å². The van der Waals surface area contributed by atoms with Gasteiger partial charge in [0.15, 0.2) is 5.72 Å². The van der Waals surface area contributed by atoms with Gasteiger partial charge in [-0.2, -0.15) is 0 Å². The summed E-state index contributed by atoms with van der Waals surface area (Å²) in [6.45, 7) is 0.00500. The fourth-order valence-electron chi connectivity index (χ4n) is 1.20. The Morgan fingerprint density at radius 3 is 2.43 bits per heavy atom. The van der Waals surface area contributed by atoms with E-state index >= 15 is 0 Å². The Kier molecular flexibility index (Phi) is 3.88. The Bertz CT molecular complexity index is 267. The molecule has 0 amide bonds. The maximum Gasteiger partial charge on any atom is 0.197 e. The lowest BCUT2D eigenvalue weighted by atomic mass is 10.1. The van der Waals surface area contributed by atoms with Crippen LogP contribution in [0, 0.1) is 0 Å². The number of quaternary nitrogens is 1. The second kappa shape index (κ2) is 4.28. The molecular formula is C7H14N4O3. The summed E-state index contributed by atoms with van der Waals surface area (Å²) in [5, 5.41) is 23.1. The van der Waals surface area contributed by atoms with Crippen molar-refractivity contribution < 1.29 is 19.5 Å². The van der Waals surface area contributed by atoms with Crippen molar-refractivity contribution in [1.82, 2.24) is 0 Å². The van der Waals surface area contributed by atoms with Crippen LogP contribution in [0.3, 0.4) is 0 Å². The van der Waals surface area contributed by atoms with Gasteiger partial charge in [-0.3, -0.25) is 0 Å². The van der Waals surface area contributed by atoms with Gasteiger partial charge in [-0.05, 0) is 5.53 Å². The van der Waals surface area contributed by atoms with Gasteiger partial charge >= 0.3 is 0 Å². The van der Waals surface area contributed by atoms with Crippen LogP contribution in [0.5, 0.6) is 0 Å². The minimum absolute atomic E-state index is 0.00500. The van der Waals surface area contributed by atoms with E-state index in [0.29, 0.717) is 0 Å².